The Morgan fingerprint density at radius 1 is 1.24 bits per heavy atom. The molecule has 0 spiro atoms. The number of carbonyl (C=O) groups excluding carboxylic acids is 1. The Morgan fingerprint density at radius 3 is 2.59 bits per heavy atom. The maximum Gasteiger partial charge on any atom is 0.269 e. The molecule has 150 valence electrons. The van der Waals surface area contributed by atoms with Gasteiger partial charge in [-0.15, -0.1) is 0 Å². The molecule has 2 aliphatic rings. The van der Waals surface area contributed by atoms with E-state index in [1.807, 2.05) is 17.1 Å². The smallest absolute Gasteiger partial charge is 0.269 e. The number of Topliss-reactive ketones (excluding diaryl/α,β-unsaturated/α-hetero) is 1. The summed E-state index contributed by atoms with van der Waals surface area (Å²) in [6, 6.07) is 10.3. The molecule has 2 aromatic rings. The number of hydrogen-bond acceptors (Lipinski definition) is 7. The number of benzene rings is 2. The molecule has 8 nitrogen and oxygen atoms in total. The van der Waals surface area contributed by atoms with Gasteiger partial charge >= 0.3 is 0 Å². The number of nitro benzene ring substituents is 1. The van der Waals surface area contributed by atoms with Crippen LogP contribution in [0.1, 0.15) is 37.0 Å². The summed E-state index contributed by atoms with van der Waals surface area (Å²) in [7, 11) is 0. The van der Waals surface area contributed by atoms with E-state index >= 15 is 0 Å². The third-order valence-electron chi connectivity index (χ3n) is 5.15. The molecule has 2 aromatic carbocycles. The van der Waals surface area contributed by atoms with Crippen LogP contribution in [-0.2, 0) is 11.2 Å². The molecule has 0 aromatic heterocycles. The Morgan fingerprint density at radius 2 is 1.93 bits per heavy atom. The fourth-order valence-electron chi connectivity index (χ4n) is 3.57. The van der Waals surface area contributed by atoms with Gasteiger partial charge in [-0.05, 0) is 50.1 Å². The number of ether oxygens (including phenoxy) is 2. The van der Waals surface area contributed by atoms with E-state index in [1.165, 1.54) is 12.1 Å². The maximum atomic E-state index is 11.5. The Bertz CT molecular complexity index is 1000. The number of carbonyl (C=O) groups is 1. The van der Waals surface area contributed by atoms with E-state index in [-0.39, 0.29) is 24.3 Å². The van der Waals surface area contributed by atoms with Gasteiger partial charge in [0.1, 0.15) is 5.78 Å². The molecule has 0 amide bonds. The van der Waals surface area contributed by atoms with Gasteiger partial charge in [-0.25, -0.2) is 0 Å². The number of hydrogen-bond donors (Lipinski definition) is 0. The summed E-state index contributed by atoms with van der Waals surface area (Å²) in [6.07, 6.45) is 1.13. The van der Waals surface area contributed by atoms with Gasteiger partial charge in [-0.3, -0.25) is 19.9 Å². The highest BCUT2D eigenvalue weighted by Crippen LogP contribution is 2.37. The predicted molar refractivity (Wildman–Crippen MR) is 106 cm³/mol. The van der Waals surface area contributed by atoms with Gasteiger partial charge in [0.05, 0.1) is 10.6 Å². The molecule has 0 N–H and O–H groups in total. The molecule has 2 aliphatic heterocycles. The van der Waals surface area contributed by atoms with E-state index < -0.39 is 4.92 Å². The highest BCUT2D eigenvalue weighted by Gasteiger charge is 2.27. The van der Waals surface area contributed by atoms with Gasteiger partial charge in [0, 0.05) is 42.3 Å². The molecule has 4 rings (SSSR count). The highest BCUT2D eigenvalue weighted by molar-refractivity contribution is 6.14. The minimum atomic E-state index is -0.425. The largest absolute Gasteiger partial charge is 0.454 e. The van der Waals surface area contributed by atoms with Crippen LogP contribution in [0.3, 0.4) is 0 Å². The summed E-state index contributed by atoms with van der Waals surface area (Å²) in [6.45, 7) is 4.32. The molecule has 2 heterocycles. The second kappa shape index (κ2) is 7.54. The Hall–Kier alpha value is -3.42. The molecule has 29 heavy (non-hydrogen) atoms. The third-order valence-corrected chi connectivity index (χ3v) is 5.15. The van der Waals surface area contributed by atoms with Gasteiger partial charge in [-0.1, -0.05) is 0 Å². The first-order valence-electron chi connectivity index (χ1n) is 9.45. The maximum absolute atomic E-state index is 11.5. The van der Waals surface area contributed by atoms with Gasteiger partial charge in [0.2, 0.25) is 6.79 Å². The first-order valence-corrected chi connectivity index (χ1v) is 9.45. The van der Waals surface area contributed by atoms with Gasteiger partial charge in [0.25, 0.3) is 5.69 Å². The Kier molecular flexibility index (Phi) is 4.92. The minimum Gasteiger partial charge on any atom is -0.454 e. The highest BCUT2D eigenvalue weighted by atomic mass is 16.7. The predicted octanol–water partition coefficient (Wildman–Crippen LogP) is 3.30. The molecule has 0 bridgehead atoms. The zero-order valence-electron chi connectivity index (χ0n) is 16.3. The number of hydrazone groups is 1. The zero-order chi connectivity index (χ0) is 20.5. The molecule has 0 saturated heterocycles. The second-order valence-electron chi connectivity index (χ2n) is 7.28. The first kappa shape index (κ1) is 18.9. The lowest BCUT2D eigenvalue weighted by Gasteiger charge is -2.25. The van der Waals surface area contributed by atoms with Crippen LogP contribution in [0, 0.1) is 10.1 Å². The SMILES string of the molecule is CC(=O)CCN1N=C(c2ccc([N+](=O)[O-])cc2)c2cc3c(cc2CC1C)OCO3. The Balaban J connectivity index is 1.81. The second-order valence-corrected chi connectivity index (χ2v) is 7.28. The number of fused-ring (bicyclic) bond motifs is 2. The lowest BCUT2D eigenvalue weighted by atomic mass is 9.94. The van der Waals surface area contributed by atoms with Gasteiger partial charge in [0.15, 0.2) is 11.5 Å². The number of nitro groups is 1. The molecule has 1 atom stereocenters. The van der Waals surface area contributed by atoms with Gasteiger partial charge in [-0.2, -0.15) is 5.10 Å². The summed E-state index contributed by atoms with van der Waals surface area (Å²) in [5, 5.41) is 17.8. The standard InChI is InChI=1S/C21H21N3O5/c1-13-9-16-10-19-20(29-12-28-19)11-18(16)21(22-23(13)8-7-14(2)25)15-3-5-17(6-4-15)24(26)27/h3-6,10-11,13H,7-9,12H2,1-2H3. The molecule has 8 heteroatoms. The van der Waals surface area contributed by atoms with Crippen molar-refractivity contribution in [2.45, 2.75) is 32.7 Å². The summed E-state index contributed by atoms with van der Waals surface area (Å²) in [5.74, 6) is 1.46. The van der Waals surface area contributed by atoms with Crippen LogP contribution in [-0.4, -0.2) is 40.8 Å². The number of ketones is 1. The quantitative estimate of drug-likeness (QED) is 0.569. The third kappa shape index (κ3) is 3.78. The molecule has 0 saturated carbocycles. The molecular weight excluding hydrogens is 374 g/mol. The van der Waals surface area contributed by atoms with Gasteiger partial charge < -0.3 is 9.47 Å². The average molecular weight is 395 g/mol. The normalized spacial score (nSPS) is 17.4. The topological polar surface area (TPSA) is 94.3 Å². The van der Waals surface area contributed by atoms with E-state index in [4.69, 9.17) is 14.6 Å². The fraction of sp³-hybridized carbons (Fsp3) is 0.333. The van der Waals surface area contributed by atoms with Crippen LogP contribution in [0.2, 0.25) is 0 Å². The van der Waals surface area contributed by atoms with Crippen molar-refractivity contribution in [2.24, 2.45) is 5.10 Å². The molecule has 0 fully saturated rings. The summed E-state index contributed by atoms with van der Waals surface area (Å²) in [4.78, 5) is 22.1. The van der Waals surface area contributed by atoms with Crippen LogP contribution in [0.25, 0.3) is 0 Å². The van der Waals surface area contributed by atoms with Crippen LogP contribution < -0.4 is 9.47 Å². The fourth-order valence-corrected chi connectivity index (χ4v) is 3.57. The van der Waals surface area contributed by atoms with E-state index in [2.05, 4.69) is 6.92 Å². The average Bonchev–Trinajstić information content (AvgIpc) is 3.09. The summed E-state index contributed by atoms with van der Waals surface area (Å²) < 4.78 is 11.1. The van der Waals surface area contributed by atoms with E-state index in [0.717, 1.165) is 23.1 Å². The van der Waals surface area contributed by atoms with Crippen LogP contribution in [0.4, 0.5) is 5.69 Å². The Labute approximate surface area is 167 Å². The van der Waals surface area contributed by atoms with Crippen molar-refractivity contribution in [1.82, 2.24) is 5.01 Å². The monoisotopic (exact) mass is 395 g/mol. The first-order chi connectivity index (χ1) is 13.9. The van der Waals surface area contributed by atoms with Crippen LogP contribution in [0.5, 0.6) is 11.5 Å². The number of rotatable bonds is 5. The van der Waals surface area contributed by atoms with Crippen LogP contribution >= 0.6 is 0 Å². The van der Waals surface area contributed by atoms with E-state index in [1.54, 1.807) is 19.1 Å². The molecule has 1 unspecified atom stereocenters. The van der Waals surface area contributed by atoms with Crippen molar-refractivity contribution >= 4 is 17.2 Å². The van der Waals surface area contributed by atoms with Crippen molar-refractivity contribution < 1.29 is 19.2 Å². The van der Waals surface area contributed by atoms with E-state index in [0.29, 0.717) is 30.2 Å². The van der Waals surface area contributed by atoms with Crippen molar-refractivity contribution in [2.75, 3.05) is 13.3 Å². The summed E-state index contributed by atoms with van der Waals surface area (Å²) >= 11 is 0. The van der Waals surface area contributed by atoms with E-state index in [9.17, 15) is 14.9 Å². The van der Waals surface area contributed by atoms with Crippen molar-refractivity contribution in [3.05, 3.63) is 63.2 Å². The minimum absolute atomic E-state index is 0.0238. The van der Waals surface area contributed by atoms with Crippen molar-refractivity contribution in [3.8, 4) is 11.5 Å². The van der Waals surface area contributed by atoms with Crippen molar-refractivity contribution in [1.29, 1.82) is 0 Å². The molecular formula is C21H21N3O5. The van der Waals surface area contributed by atoms with Crippen molar-refractivity contribution in [3.63, 3.8) is 0 Å². The lowest BCUT2D eigenvalue weighted by molar-refractivity contribution is -0.384. The molecule has 0 aliphatic carbocycles. The number of nitrogens with zero attached hydrogens (tertiary/aromatic N) is 3. The number of non-ortho nitro benzene ring substituents is 1. The zero-order valence-corrected chi connectivity index (χ0v) is 16.3. The molecule has 0 radical (unpaired) electrons. The van der Waals surface area contributed by atoms with Crippen LogP contribution in [0.15, 0.2) is 41.5 Å². The lowest BCUT2D eigenvalue weighted by Crippen LogP contribution is -2.31. The summed E-state index contributed by atoms with van der Waals surface area (Å²) in [5.41, 5.74) is 3.44.